The van der Waals surface area contributed by atoms with Gasteiger partial charge >= 0.3 is 18.9 Å². The van der Waals surface area contributed by atoms with Crippen molar-refractivity contribution in [2.24, 2.45) is 0 Å². The Kier molecular flexibility index (Phi) is 22.5. The molecule has 0 rings (SSSR count). The Morgan fingerprint density at radius 2 is 1.44 bits per heavy atom. The predicted molar refractivity (Wildman–Crippen MR) is 77.2 cm³/mol. The first-order chi connectivity index (χ1) is 8.41. The molecule has 0 aliphatic rings. The van der Waals surface area contributed by atoms with E-state index in [0.29, 0.717) is 0 Å². The Balaban J connectivity index is 0. The quantitative estimate of drug-likeness (QED) is 0.210. The van der Waals surface area contributed by atoms with Gasteiger partial charge in [0.25, 0.3) is 0 Å². The number of ether oxygens (including phenoxy) is 1. The van der Waals surface area contributed by atoms with Gasteiger partial charge in [0.15, 0.2) is 0 Å². The summed E-state index contributed by atoms with van der Waals surface area (Å²) >= 11 is 0. The van der Waals surface area contributed by atoms with Crippen LogP contribution in [0.5, 0.6) is 0 Å². The molecule has 0 atom stereocenters. The molecule has 0 aromatic heterocycles. The maximum Gasteiger partial charge on any atom is 1.00 e. The van der Waals surface area contributed by atoms with Gasteiger partial charge in [0, 0.05) is 13.2 Å². The smallest absolute Gasteiger partial charge is 0.381 e. The van der Waals surface area contributed by atoms with E-state index in [-0.39, 0.29) is 18.9 Å². The zero-order chi connectivity index (χ0) is 12.6. The molecular formula is C16H31LiO. The van der Waals surface area contributed by atoms with Crippen molar-refractivity contribution in [3.05, 3.63) is 19.1 Å². The first-order valence-corrected chi connectivity index (χ1v) is 7.43. The third-order valence-corrected chi connectivity index (χ3v) is 2.89. The van der Waals surface area contributed by atoms with Crippen molar-refractivity contribution in [2.45, 2.75) is 71.1 Å². The average Bonchev–Trinajstić information content (AvgIpc) is 2.35. The molecule has 1 nitrogen and oxygen atoms in total. The fourth-order valence-corrected chi connectivity index (χ4v) is 1.80. The van der Waals surface area contributed by atoms with Crippen LogP contribution in [0.4, 0.5) is 0 Å². The molecule has 0 bridgehead atoms. The van der Waals surface area contributed by atoms with Crippen LogP contribution in [0, 0.1) is 6.92 Å². The molecule has 102 valence electrons. The third kappa shape index (κ3) is 18.7. The molecule has 0 heterocycles. The molecule has 0 N–H and O–H groups in total. The first kappa shape index (κ1) is 20.6. The van der Waals surface area contributed by atoms with E-state index < -0.39 is 0 Å². The minimum atomic E-state index is 0. The van der Waals surface area contributed by atoms with Crippen LogP contribution in [0.2, 0.25) is 0 Å². The molecule has 0 saturated heterocycles. The summed E-state index contributed by atoms with van der Waals surface area (Å²) in [6.45, 7) is 7.89. The molecule has 0 radical (unpaired) electrons. The summed E-state index contributed by atoms with van der Waals surface area (Å²) in [4.78, 5) is 0. The summed E-state index contributed by atoms with van der Waals surface area (Å²) in [5, 5.41) is 0. The van der Waals surface area contributed by atoms with Crippen molar-refractivity contribution in [1.82, 2.24) is 0 Å². The van der Waals surface area contributed by atoms with Crippen molar-refractivity contribution >= 4 is 0 Å². The molecule has 0 aliphatic carbocycles. The number of allylic oxidation sites excluding steroid dienone is 2. The van der Waals surface area contributed by atoms with E-state index in [1.807, 2.05) is 0 Å². The average molecular weight is 246 g/mol. The molecule has 0 spiro atoms. The number of unbranched alkanes of at least 4 members (excludes halogenated alkanes) is 7. The number of rotatable bonds is 13. The van der Waals surface area contributed by atoms with Crippen molar-refractivity contribution in [3.63, 3.8) is 0 Å². The summed E-state index contributed by atoms with van der Waals surface area (Å²) in [7, 11) is 0. The van der Waals surface area contributed by atoms with Crippen LogP contribution < -0.4 is 18.9 Å². The second-order valence-electron chi connectivity index (χ2n) is 4.64. The standard InChI is InChI=1S/C16H31O.Li/c1-3-5-7-9-10-12-14-16-17-15-13-11-8-6-4-2;/h6,8H,2-5,7,9-16H2,1H3;/q-1;+1/b8-6-;. The minimum Gasteiger partial charge on any atom is -0.381 e. The normalized spacial score (nSPS) is 10.8. The van der Waals surface area contributed by atoms with Crippen LogP contribution in [0.15, 0.2) is 12.2 Å². The van der Waals surface area contributed by atoms with E-state index in [1.54, 1.807) is 0 Å². The van der Waals surface area contributed by atoms with E-state index in [0.717, 1.165) is 32.5 Å². The van der Waals surface area contributed by atoms with E-state index in [1.165, 1.54) is 44.9 Å². The molecular weight excluding hydrogens is 215 g/mol. The van der Waals surface area contributed by atoms with E-state index in [9.17, 15) is 0 Å². The number of hydrogen-bond acceptors (Lipinski definition) is 1. The van der Waals surface area contributed by atoms with Crippen molar-refractivity contribution in [2.75, 3.05) is 13.2 Å². The molecule has 0 aromatic carbocycles. The zero-order valence-electron chi connectivity index (χ0n) is 12.8. The molecule has 0 fully saturated rings. The topological polar surface area (TPSA) is 9.23 Å². The Hall–Kier alpha value is 0.297. The van der Waals surface area contributed by atoms with Crippen LogP contribution in [-0.4, -0.2) is 13.2 Å². The second-order valence-corrected chi connectivity index (χ2v) is 4.64. The fraction of sp³-hybridized carbons (Fsp3) is 0.812. The van der Waals surface area contributed by atoms with E-state index in [4.69, 9.17) is 4.74 Å². The van der Waals surface area contributed by atoms with Gasteiger partial charge in [0.05, 0.1) is 0 Å². The summed E-state index contributed by atoms with van der Waals surface area (Å²) in [5.41, 5.74) is 0. The van der Waals surface area contributed by atoms with Crippen LogP contribution in [0.1, 0.15) is 71.1 Å². The van der Waals surface area contributed by atoms with Crippen molar-refractivity contribution in [3.8, 4) is 0 Å². The molecule has 2 heteroatoms. The maximum atomic E-state index is 5.59. The van der Waals surface area contributed by atoms with Crippen molar-refractivity contribution < 1.29 is 23.6 Å². The molecule has 0 unspecified atom stereocenters. The van der Waals surface area contributed by atoms with Gasteiger partial charge in [0.1, 0.15) is 0 Å². The number of hydrogen-bond donors (Lipinski definition) is 0. The first-order valence-electron chi connectivity index (χ1n) is 7.43. The Labute approximate surface area is 127 Å². The van der Waals surface area contributed by atoms with Gasteiger partial charge in [-0.15, -0.1) is 6.08 Å². The van der Waals surface area contributed by atoms with Gasteiger partial charge in [-0.1, -0.05) is 51.5 Å². The maximum absolute atomic E-state index is 5.59. The molecule has 18 heavy (non-hydrogen) atoms. The summed E-state index contributed by atoms with van der Waals surface area (Å²) in [6.07, 6.45) is 17.0. The van der Waals surface area contributed by atoms with Crippen LogP contribution in [0.25, 0.3) is 0 Å². The van der Waals surface area contributed by atoms with Gasteiger partial charge in [-0.05, 0) is 19.3 Å². The molecule has 0 saturated carbocycles. The summed E-state index contributed by atoms with van der Waals surface area (Å²) in [6, 6.07) is 0. The zero-order valence-corrected chi connectivity index (χ0v) is 12.8. The Morgan fingerprint density at radius 1 is 0.833 bits per heavy atom. The van der Waals surface area contributed by atoms with Gasteiger partial charge in [0.2, 0.25) is 0 Å². The SMILES string of the molecule is [CH2-]C/C=C\CCCOCCCCCCCCC.[Li+]. The molecule has 0 aliphatic heterocycles. The Morgan fingerprint density at radius 3 is 2.11 bits per heavy atom. The van der Waals surface area contributed by atoms with Gasteiger partial charge in [-0.3, -0.25) is 0 Å². The Bertz CT molecular complexity index is 157. The van der Waals surface area contributed by atoms with E-state index in [2.05, 4.69) is 26.0 Å². The van der Waals surface area contributed by atoms with E-state index >= 15 is 0 Å². The third-order valence-electron chi connectivity index (χ3n) is 2.89. The minimum absolute atomic E-state index is 0. The molecule has 0 aromatic rings. The summed E-state index contributed by atoms with van der Waals surface area (Å²) < 4.78 is 5.59. The fourth-order valence-electron chi connectivity index (χ4n) is 1.80. The largest absolute Gasteiger partial charge is 1.00 e. The predicted octanol–water partition coefficient (Wildman–Crippen LogP) is 2.32. The van der Waals surface area contributed by atoms with Crippen LogP contribution >= 0.6 is 0 Å². The second kappa shape index (κ2) is 19.6. The molecule has 0 amide bonds. The van der Waals surface area contributed by atoms with Gasteiger partial charge < -0.3 is 11.7 Å². The summed E-state index contributed by atoms with van der Waals surface area (Å²) in [5.74, 6) is 0. The monoisotopic (exact) mass is 246 g/mol. The van der Waals surface area contributed by atoms with Crippen molar-refractivity contribution in [1.29, 1.82) is 0 Å². The van der Waals surface area contributed by atoms with Crippen LogP contribution in [-0.2, 0) is 4.74 Å². The van der Waals surface area contributed by atoms with Crippen LogP contribution in [0.3, 0.4) is 0 Å². The van der Waals surface area contributed by atoms with Gasteiger partial charge in [-0.2, -0.15) is 6.42 Å². The van der Waals surface area contributed by atoms with Gasteiger partial charge in [-0.25, -0.2) is 0 Å².